The van der Waals surface area contributed by atoms with Gasteiger partial charge in [0.1, 0.15) is 12.0 Å². The Morgan fingerprint density at radius 3 is 2.87 bits per heavy atom. The minimum atomic E-state index is -0.513. The first kappa shape index (κ1) is 17.4. The van der Waals surface area contributed by atoms with E-state index in [9.17, 15) is 14.7 Å². The van der Waals surface area contributed by atoms with Crippen molar-refractivity contribution in [1.29, 1.82) is 0 Å². The average Bonchev–Trinajstić information content (AvgIpc) is 2.48. The van der Waals surface area contributed by atoms with Crippen molar-refractivity contribution in [2.24, 2.45) is 5.92 Å². The molecule has 0 radical (unpaired) electrons. The normalized spacial score (nSPS) is 25.0. The summed E-state index contributed by atoms with van der Waals surface area (Å²) in [5.41, 5.74) is -0.496. The van der Waals surface area contributed by atoms with Crippen LogP contribution in [0.15, 0.2) is 29.2 Å². The Balaban J connectivity index is 2.06. The summed E-state index contributed by atoms with van der Waals surface area (Å²) in [6, 6.07) is 1.56. The van der Waals surface area contributed by atoms with Gasteiger partial charge in [-0.05, 0) is 37.8 Å². The molecule has 0 saturated carbocycles. The predicted octanol–water partition coefficient (Wildman–Crippen LogP) is 1.45. The van der Waals surface area contributed by atoms with Gasteiger partial charge in [-0.2, -0.15) is 4.98 Å². The average molecular weight is 321 g/mol. The maximum atomic E-state index is 12.1. The Hall–Kier alpha value is -1.99. The molecule has 1 aromatic rings. The number of aromatic nitrogens is 2. The highest BCUT2D eigenvalue weighted by Gasteiger charge is 2.28. The fourth-order valence-corrected chi connectivity index (χ4v) is 2.31. The fourth-order valence-electron chi connectivity index (χ4n) is 2.31. The molecule has 126 valence electrons. The summed E-state index contributed by atoms with van der Waals surface area (Å²) in [6.45, 7) is 5.70. The van der Waals surface area contributed by atoms with Crippen LogP contribution in [0.3, 0.4) is 0 Å². The van der Waals surface area contributed by atoms with E-state index < -0.39 is 18.0 Å². The molecule has 7 heteroatoms. The van der Waals surface area contributed by atoms with E-state index in [1.807, 2.05) is 13.8 Å². The van der Waals surface area contributed by atoms with E-state index in [2.05, 4.69) is 10.3 Å². The lowest BCUT2D eigenvalue weighted by atomic mass is 10.1. The summed E-state index contributed by atoms with van der Waals surface area (Å²) < 4.78 is 7.00. The summed E-state index contributed by atoms with van der Waals surface area (Å²) >= 11 is 0. The summed E-state index contributed by atoms with van der Waals surface area (Å²) in [7, 11) is 0. The van der Waals surface area contributed by atoms with Crippen molar-refractivity contribution in [3.8, 4) is 0 Å². The number of amides is 1. The van der Waals surface area contributed by atoms with Gasteiger partial charge in [0.2, 0.25) is 5.91 Å². The Morgan fingerprint density at radius 1 is 1.52 bits per heavy atom. The topological polar surface area (TPSA) is 93.5 Å². The largest absolute Gasteiger partial charge is 0.390 e. The zero-order valence-electron chi connectivity index (χ0n) is 13.6. The minimum absolute atomic E-state index is 0.202. The molecule has 0 aromatic carbocycles. The second-order valence-electron chi connectivity index (χ2n) is 6.04. The number of hydrogen-bond donors (Lipinski definition) is 2. The zero-order chi connectivity index (χ0) is 17.0. The second-order valence-corrected chi connectivity index (χ2v) is 6.04. The first-order valence-corrected chi connectivity index (χ1v) is 7.78. The molecule has 2 rings (SSSR count). The summed E-state index contributed by atoms with van der Waals surface area (Å²) in [5.74, 6) is 0.144. The molecule has 1 aromatic heterocycles. The summed E-state index contributed by atoms with van der Waals surface area (Å²) in [5, 5.41) is 12.2. The van der Waals surface area contributed by atoms with Gasteiger partial charge in [-0.3, -0.25) is 9.36 Å². The quantitative estimate of drug-likeness (QED) is 0.819. The lowest BCUT2D eigenvalue weighted by Crippen LogP contribution is -2.39. The third-order valence-corrected chi connectivity index (χ3v) is 3.65. The van der Waals surface area contributed by atoms with E-state index in [4.69, 9.17) is 4.74 Å². The van der Waals surface area contributed by atoms with Crippen LogP contribution in [0.1, 0.15) is 39.8 Å². The monoisotopic (exact) mass is 321 g/mol. The van der Waals surface area contributed by atoms with E-state index >= 15 is 0 Å². The van der Waals surface area contributed by atoms with Crippen molar-refractivity contribution >= 4 is 11.7 Å². The van der Waals surface area contributed by atoms with E-state index in [-0.39, 0.29) is 23.7 Å². The molecule has 23 heavy (non-hydrogen) atoms. The van der Waals surface area contributed by atoms with Gasteiger partial charge in [-0.15, -0.1) is 0 Å². The van der Waals surface area contributed by atoms with E-state index in [1.165, 1.54) is 10.6 Å². The number of nitrogens with zero attached hydrogens (tertiary/aromatic N) is 2. The van der Waals surface area contributed by atoms with Gasteiger partial charge in [-0.1, -0.05) is 19.9 Å². The maximum absolute atomic E-state index is 12.1. The molecule has 1 fully saturated rings. The molecule has 3 atom stereocenters. The lowest BCUT2D eigenvalue weighted by Gasteiger charge is -2.32. The third kappa shape index (κ3) is 4.74. The van der Waals surface area contributed by atoms with Crippen molar-refractivity contribution in [2.45, 2.75) is 52.0 Å². The van der Waals surface area contributed by atoms with Crippen LogP contribution < -0.4 is 11.0 Å². The van der Waals surface area contributed by atoms with Crippen LogP contribution in [0.4, 0.5) is 5.82 Å². The number of carbonyl (C=O) groups is 1. The molecule has 0 bridgehead atoms. The minimum Gasteiger partial charge on any atom is -0.390 e. The zero-order valence-corrected chi connectivity index (χ0v) is 13.6. The Kier molecular flexibility index (Phi) is 5.68. The highest BCUT2D eigenvalue weighted by atomic mass is 16.5. The number of anilines is 1. The van der Waals surface area contributed by atoms with Gasteiger partial charge in [0.05, 0.1) is 12.2 Å². The van der Waals surface area contributed by atoms with Crippen molar-refractivity contribution in [2.75, 3.05) is 5.32 Å². The van der Waals surface area contributed by atoms with Gasteiger partial charge >= 0.3 is 5.69 Å². The van der Waals surface area contributed by atoms with Crippen LogP contribution in [0.5, 0.6) is 0 Å². The molecule has 1 aliphatic rings. The molecule has 0 aliphatic carbocycles. The second kappa shape index (κ2) is 7.52. The SMILES string of the molecule is CC(C)C=CC(=O)Nc1ccn(C2CCC(O)C(C)O2)c(=O)n1. The molecule has 1 amide bonds. The molecule has 3 unspecified atom stereocenters. The number of ether oxygens (including phenoxy) is 1. The fraction of sp³-hybridized carbons (Fsp3) is 0.562. The van der Waals surface area contributed by atoms with Crippen molar-refractivity contribution < 1.29 is 14.6 Å². The smallest absolute Gasteiger partial charge is 0.351 e. The molecule has 2 N–H and O–H groups in total. The highest BCUT2D eigenvalue weighted by molar-refractivity contribution is 5.98. The molecular weight excluding hydrogens is 298 g/mol. The molecule has 1 saturated heterocycles. The van der Waals surface area contributed by atoms with Crippen molar-refractivity contribution in [3.63, 3.8) is 0 Å². The first-order valence-electron chi connectivity index (χ1n) is 7.78. The van der Waals surface area contributed by atoms with E-state index in [0.29, 0.717) is 12.8 Å². The van der Waals surface area contributed by atoms with E-state index in [1.54, 1.807) is 25.3 Å². The number of nitrogens with one attached hydrogen (secondary N) is 1. The van der Waals surface area contributed by atoms with Gasteiger partial charge in [-0.25, -0.2) is 4.79 Å². The van der Waals surface area contributed by atoms with Gasteiger partial charge in [0.25, 0.3) is 0 Å². The number of hydrogen-bond acceptors (Lipinski definition) is 5. The predicted molar refractivity (Wildman–Crippen MR) is 85.9 cm³/mol. The van der Waals surface area contributed by atoms with Crippen LogP contribution in [0.25, 0.3) is 0 Å². The van der Waals surface area contributed by atoms with Crippen LogP contribution in [-0.4, -0.2) is 32.8 Å². The standard InChI is InChI=1S/C16H23N3O4/c1-10(2)4-6-14(21)17-13-8-9-19(16(22)18-13)15-7-5-12(20)11(3)23-15/h4,6,8-12,15,20H,5,7H2,1-3H3,(H,17,18,21,22). The summed E-state index contributed by atoms with van der Waals surface area (Å²) in [4.78, 5) is 27.7. The molecule has 1 aliphatic heterocycles. The molecular formula is C16H23N3O4. The van der Waals surface area contributed by atoms with Gasteiger partial charge < -0.3 is 15.2 Å². The lowest BCUT2D eigenvalue weighted by molar-refractivity contribution is -0.139. The van der Waals surface area contributed by atoms with Crippen LogP contribution in [-0.2, 0) is 9.53 Å². The van der Waals surface area contributed by atoms with Crippen molar-refractivity contribution in [1.82, 2.24) is 9.55 Å². The molecule has 7 nitrogen and oxygen atoms in total. The maximum Gasteiger partial charge on any atom is 0.351 e. The van der Waals surface area contributed by atoms with Crippen LogP contribution in [0.2, 0.25) is 0 Å². The highest BCUT2D eigenvalue weighted by Crippen LogP contribution is 2.25. The number of allylic oxidation sites excluding steroid dienone is 1. The van der Waals surface area contributed by atoms with Crippen LogP contribution >= 0.6 is 0 Å². The molecule has 0 spiro atoms. The number of carbonyl (C=O) groups excluding carboxylic acids is 1. The number of aliphatic hydroxyl groups is 1. The Morgan fingerprint density at radius 2 is 2.26 bits per heavy atom. The Bertz CT molecular complexity index is 638. The van der Waals surface area contributed by atoms with Gasteiger partial charge in [0.15, 0.2) is 0 Å². The number of rotatable bonds is 4. The Labute approximate surface area is 135 Å². The first-order chi connectivity index (χ1) is 10.9. The molecule has 2 heterocycles. The number of aliphatic hydroxyl groups excluding tert-OH is 1. The van der Waals surface area contributed by atoms with Crippen LogP contribution in [0, 0.1) is 5.92 Å². The summed E-state index contributed by atoms with van der Waals surface area (Å²) in [6.07, 6.45) is 4.55. The van der Waals surface area contributed by atoms with E-state index in [0.717, 1.165) is 0 Å². The van der Waals surface area contributed by atoms with Crippen molar-refractivity contribution in [3.05, 3.63) is 34.9 Å². The third-order valence-electron chi connectivity index (χ3n) is 3.65. The van der Waals surface area contributed by atoms with Gasteiger partial charge in [0, 0.05) is 6.20 Å².